The van der Waals surface area contributed by atoms with E-state index in [1.165, 1.54) is 31.2 Å². The van der Waals surface area contributed by atoms with Gasteiger partial charge >= 0.3 is 0 Å². The first-order valence-electron chi connectivity index (χ1n) is 7.65. The van der Waals surface area contributed by atoms with Gasteiger partial charge in [-0.05, 0) is 62.5 Å². The van der Waals surface area contributed by atoms with Crippen LogP contribution in [0, 0.1) is 17.8 Å². The monoisotopic (exact) mass is 277 g/mol. The Balaban J connectivity index is 1.63. The Labute approximate surface area is 121 Å². The molecular formula is C17H24ClN. The molecule has 1 aromatic carbocycles. The summed E-state index contributed by atoms with van der Waals surface area (Å²) in [6.45, 7) is 4.59. The van der Waals surface area contributed by atoms with Crippen LogP contribution in [0.3, 0.4) is 0 Å². The number of hydrogen-bond acceptors (Lipinski definition) is 1. The summed E-state index contributed by atoms with van der Waals surface area (Å²) in [5.41, 5.74) is 1.22. The summed E-state index contributed by atoms with van der Waals surface area (Å²) in [5, 5.41) is 4.66. The summed E-state index contributed by atoms with van der Waals surface area (Å²) >= 11 is 6.29. The van der Waals surface area contributed by atoms with Crippen LogP contribution in [0.2, 0.25) is 5.02 Å². The van der Waals surface area contributed by atoms with Gasteiger partial charge in [-0.3, -0.25) is 0 Å². The van der Waals surface area contributed by atoms with Gasteiger partial charge in [0.2, 0.25) is 0 Å². The fourth-order valence-electron chi connectivity index (χ4n) is 4.34. The van der Waals surface area contributed by atoms with Crippen LogP contribution in [0.4, 0.5) is 0 Å². The van der Waals surface area contributed by atoms with E-state index in [1.807, 2.05) is 12.1 Å². The average molecular weight is 278 g/mol. The quantitative estimate of drug-likeness (QED) is 0.832. The third-order valence-corrected chi connectivity index (χ3v) is 5.66. The SMILES string of the molecule is C[C@H](N[C@H](C)[C@@H]1C[C@H]2CC[C@H]1C2)c1ccccc1Cl. The smallest absolute Gasteiger partial charge is 0.0453 e. The molecule has 0 aromatic heterocycles. The molecule has 0 radical (unpaired) electrons. The molecule has 2 aliphatic carbocycles. The highest BCUT2D eigenvalue weighted by atomic mass is 35.5. The molecule has 104 valence electrons. The first-order chi connectivity index (χ1) is 9.15. The molecular weight excluding hydrogens is 254 g/mol. The average Bonchev–Trinajstić information content (AvgIpc) is 3.01. The van der Waals surface area contributed by atoms with Gasteiger partial charge in [-0.25, -0.2) is 0 Å². The van der Waals surface area contributed by atoms with Crippen molar-refractivity contribution >= 4 is 11.6 Å². The number of benzene rings is 1. The minimum atomic E-state index is 0.336. The van der Waals surface area contributed by atoms with Crippen LogP contribution in [0.5, 0.6) is 0 Å². The molecule has 2 bridgehead atoms. The third kappa shape index (κ3) is 2.68. The topological polar surface area (TPSA) is 12.0 Å². The first-order valence-corrected chi connectivity index (χ1v) is 8.03. The number of halogens is 1. The van der Waals surface area contributed by atoms with Crippen molar-refractivity contribution in [2.75, 3.05) is 0 Å². The molecule has 5 atom stereocenters. The number of hydrogen-bond donors (Lipinski definition) is 1. The molecule has 0 spiro atoms. The second-order valence-electron chi connectivity index (χ2n) is 6.54. The van der Waals surface area contributed by atoms with Gasteiger partial charge < -0.3 is 5.32 Å². The van der Waals surface area contributed by atoms with E-state index in [4.69, 9.17) is 11.6 Å². The van der Waals surface area contributed by atoms with Crippen LogP contribution in [-0.2, 0) is 0 Å². The molecule has 1 aromatic rings. The molecule has 2 saturated carbocycles. The van der Waals surface area contributed by atoms with Crippen LogP contribution in [0.15, 0.2) is 24.3 Å². The largest absolute Gasteiger partial charge is 0.307 e. The van der Waals surface area contributed by atoms with E-state index in [2.05, 4.69) is 31.3 Å². The predicted octanol–water partition coefficient (Wildman–Crippen LogP) is 4.82. The first kappa shape index (κ1) is 13.5. The highest BCUT2D eigenvalue weighted by Gasteiger charge is 2.41. The molecule has 2 heteroatoms. The molecule has 0 heterocycles. The Hall–Kier alpha value is -0.530. The van der Waals surface area contributed by atoms with E-state index in [0.29, 0.717) is 12.1 Å². The highest BCUT2D eigenvalue weighted by Crippen LogP contribution is 2.49. The summed E-state index contributed by atoms with van der Waals surface area (Å²) in [7, 11) is 0. The van der Waals surface area contributed by atoms with E-state index in [0.717, 1.165) is 22.8 Å². The lowest BCUT2D eigenvalue weighted by Gasteiger charge is -2.31. The maximum absolute atomic E-state index is 6.29. The zero-order valence-corrected chi connectivity index (χ0v) is 12.7. The summed E-state index contributed by atoms with van der Waals surface area (Å²) in [6, 6.07) is 9.12. The molecule has 1 N–H and O–H groups in total. The van der Waals surface area contributed by atoms with Crippen molar-refractivity contribution in [1.29, 1.82) is 0 Å². The predicted molar refractivity (Wildman–Crippen MR) is 81.4 cm³/mol. The normalized spacial score (nSPS) is 32.5. The Morgan fingerprint density at radius 2 is 1.95 bits per heavy atom. The Kier molecular flexibility index (Phi) is 3.86. The fourth-order valence-corrected chi connectivity index (χ4v) is 4.64. The fraction of sp³-hybridized carbons (Fsp3) is 0.647. The lowest BCUT2D eigenvalue weighted by atomic mass is 9.83. The molecule has 0 saturated heterocycles. The second-order valence-corrected chi connectivity index (χ2v) is 6.94. The van der Waals surface area contributed by atoms with Crippen molar-refractivity contribution in [3.05, 3.63) is 34.9 Å². The molecule has 0 aliphatic heterocycles. The maximum atomic E-state index is 6.29. The highest BCUT2D eigenvalue weighted by molar-refractivity contribution is 6.31. The molecule has 19 heavy (non-hydrogen) atoms. The van der Waals surface area contributed by atoms with Crippen molar-refractivity contribution < 1.29 is 0 Å². The summed E-state index contributed by atoms with van der Waals surface area (Å²) in [5.74, 6) is 2.88. The van der Waals surface area contributed by atoms with E-state index in [-0.39, 0.29) is 0 Å². The van der Waals surface area contributed by atoms with Crippen molar-refractivity contribution in [2.45, 2.75) is 51.6 Å². The molecule has 0 amide bonds. The molecule has 2 aliphatic rings. The Morgan fingerprint density at radius 3 is 2.58 bits per heavy atom. The van der Waals surface area contributed by atoms with Gasteiger partial charge in [0.05, 0.1) is 0 Å². The molecule has 2 fully saturated rings. The van der Waals surface area contributed by atoms with E-state index < -0.39 is 0 Å². The van der Waals surface area contributed by atoms with E-state index in [1.54, 1.807) is 0 Å². The van der Waals surface area contributed by atoms with Crippen molar-refractivity contribution in [2.24, 2.45) is 17.8 Å². The summed E-state index contributed by atoms with van der Waals surface area (Å²) in [6.07, 6.45) is 5.86. The lowest BCUT2D eigenvalue weighted by Crippen LogP contribution is -2.37. The maximum Gasteiger partial charge on any atom is 0.0453 e. The minimum absolute atomic E-state index is 0.336. The zero-order valence-electron chi connectivity index (χ0n) is 11.9. The molecule has 1 nitrogen and oxygen atoms in total. The summed E-state index contributed by atoms with van der Waals surface area (Å²) in [4.78, 5) is 0. The van der Waals surface area contributed by atoms with Gasteiger partial charge in [0.1, 0.15) is 0 Å². The minimum Gasteiger partial charge on any atom is -0.307 e. The number of fused-ring (bicyclic) bond motifs is 2. The van der Waals surface area contributed by atoms with Crippen LogP contribution >= 0.6 is 11.6 Å². The van der Waals surface area contributed by atoms with Gasteiger partial charge in [0, 0.05) is 17.1 Å². The van der Waals surface area contributed by atoms with Gasteiger partial charge in [0.15, 0.2) is 0 Å². The zero-order chi connectivity index (χ0) is 13.4. The Morgan fingerprint density at radius 1 is 1.16 bits per heavy atom. The van der Waals surface area contributed by atoms with E-state index in [9.17, 15) is 0 Å². The lowest BCUT2D eigenvalue weighted by molar-refractivity contribution is 0.248. The van der Waals surface area contributed by atoms with Crippen LogP contribution in [-0.4, -0.2) is 6.04 Å². The van der Waals surface area contributed by atoms with Crippen LogP contribution in [0.1, 0.15) is 51.1 Å². The third-order valence-electron chi connectivity index (χ3n) is 5.32. The van der Waals surface area contributed by atoms with Crippen molar-refractivity contribution in [1.82, 2.24) is 5.32 Å². The van der Waals surface area contributed by atoms with E-state index >= 15 is 0 Å². The van der Waals surface area contributed by atoms with Crippen LogP contribution < -0.4 is 5.32 Å². The molecule has 3 rings (SSSR count). The molecule has 0 unspecified atom stereocenters. The van der Waals surface area contributed by atoms with Crippen molar-refractivity contribution in [3.63, 3.8) is 0 Å². The standard InChI is InChI=1S/C17H24ClN/c1-11(15-5-3-4-6-17(15)18)19-12(2)16-10-13-7-8-14(16)9-13/h3-6,11-14,16,19H,7-10H2,1-2H3/t11-,12+,13-,14-,16-/m0/s1. The van der Waals surface area contributed by atoms with Gasteiger partial charge in [-0.15, -0.1) is 0 Å². The van der Waals surface area contributed by atoms with Gasteiger partial charge in [0.25, 0.3) is 0 Å². The Bertz CT molecular complexity index is 445. The van der Waals surface area contributed by atoms with Gasteiger partial charge in [-0.2, -0.15) is 0 Å². The number of rotatable bonds is 4. The van der Waals surface area contributed by atoms with Crippen LogP contribution in [0.25, 0.3) is 0 Å². The van der Waals surface area contributed by atoms with Crippen molar-refractivity contribution in [3.8, 4) is 0 Å². The second kappa shape index (κ2) is 5.46. The number of nitrogens with one attached hydrogen (secondary N) is 1. The summed E-state index contributed by atoms with van der Waals surface area (Å²) < 4.78 is 0. The van der Waals surface area contributed by atoms with Gasteiger partial charge in [-0.1, -0.05) is 36.2 Å².